The number of carbonyl (C=O) groups excluding carboxylic acids is 1. The van der Waals surface area contributed by atoms with Gasteiger partial charge < -0.3 is 0 Å². The highest BCUT2D eigenvalue weighted by Gasteiger charge is 2.31. The summed E-state index contributed by atoms with van der Waals surface area (Å²) in [5.74, 6) is 0.367. The quantitative estimate of drug-likeness (QED) is 0.607. The molecule has 0 spiro atoms. The van der Waals surface area contributed by atoms with Gasteiger partial charge in [0.25, 0.3) is 5.91 Å². The average molecular weight is 385 g/mol. The summed E-state index contributed by atoms with van der Waals surface area (Å²) in [6, 6.07) is 9.07. The fraction of sp³-hybridized carbons (Fsp3) is 0.238. The first-order chi connectivity index (χ1) is 14.2. The van der Waals surface area contributed by atoms with Gasteiger partial charge in [-0.05, 0) is 37.1 Å². The van der Waals surface area contributed by atoms with Gasteiger partial charge in [-0.3, -0.25) is 9.48 Å². The van der Waals surface area contributed by atoms with E-state index in [1.807, 2.05) is 16.8 Å². The normalized spacial score (nSPS) is 15.6. The first-order valence-electron chi connectivity index (χ1n) is 9.34. The van der Waals surface area contributed by atoms with Crippen molar-refractivity contribution in [2.75, 3.05) is 0 Å². The highest BCUT2D eigenvalue weighted by atomic mass is 16.2. The molecule has 0 aliphatic carbocycles. The molecule has 1 amide bonds. The van der Waals surface area contributed by atoms with E-state index in [1.165, 1.54) is 5.01 Å². The smallest absolute Gasteiger partial charge is 0.268 e. The highest BCUT2D eigenvalue weighted by Crippen LogP contribution is 2.27. The van der Waals surface area contributed by atoms with E-state index in [1.54, 1.807) is 36.9 Å². The van der Waals surface area contributed by atoms with Gasteiger partial charge in [0.15, 0.2) is 5.82 Å². The number of hydrogen-bond acceptors (Lipinski definition) is 6. The van der Waals surface area contributed by atoms with E-state index >= 15 is 0 Å². The molecule has 0 N–H and O–H groups in total. The Kier molecular flexibility index (Phi) is 5.12. The average Bonchev–Trinajstić information content (AvgIpc) is 3.40. The number of carbonyl (C=O) groups is 1. The second kappa shape index (κ2) is 8.02. The van der Waals surface area contributed by atoms with Gasteiger partial charge in [-0.25, -0.2) is 15.0 Å². The minimum Gasteiger partial charge on any atom is -0.268 e. The van der Waals surface area contributed by atoms with Crippen LogP contribution in [0.4, 0.5) is 0 Å². The van der Waals surface area contributed by atoms with Crippen LogP contribution in [0.3, 0.4) is 0 Å². The van der Waals surface area contributed by atoms with Crippen molar-refractivity contribution in [2.24, 2.45) is 5.10 Å². The minimum atomic E-state index is -0.287. The van der Waals surface area contributed by atoms with Crippen molar-refractivity contribution < 1.29 is 4.79 Å². The lowest BCUT2D eigenvalue weighted by molar-refractivity contribution is -0.129. The predicted molar refractivity (Wildman–Crippen MR) is 108 cm³/mol. The molecule has 1 aliphatic rings. The standard InChI is InChI=1S/C21H19N7O/c1-15(21(29)28-19(7-10-25-28)20-23-8-3-9-24-20)4-2-11-27-18-6-5-16(13-22)12-17(18)14-26-27/h3,5-6,8-10,12,14,19H,1-2,4,7,11H2. The second-order valence-electron chi connectivity index (χ2n) is 6.77. The van der Waals surface area contributed by atoms with E-state index in [0.717, 1.165) is 10.9 Å². The number of benzene rings is 1. The van der Waals surface area contributed by atoms with Crippen LogP contribution in [0, 0.1) is 11.3 Å². The van der Waals surface area contributed by atoms with E-state index in [0.29, 0.717) is 42.8 Å². The van der Waals surface area contributed by atoms with Gasteiger partial charge in [0, 0.05) is 42.5 Å². The Labute approximate surface area is 167 Å². The summed E-state index contributed by atoms with van der Waals surface area (Å²) in [4.78, 5) is 21.3. The van der Waals surface area contributed by atoms with Gasteiger partial charge in [-0.2, -0.15) is 15.5 Å². The van der Waals surface area contributed by atoms with Gasteiger partial charge in [0.1, 0.15) is 6.04 Å². The first-order valence-corrected chi connectivity index (χ1v) is 9.34. The fourth-order valence-corrected chi connectivity index (χ4v) is 3.35. The molecule has 0 saturated heterocycles. The Balaban J connectivity index is 1.37. The summed E-state index contributed by atoms with van der Waals surface area (Å²) < 4.78 is 1.88. The van der Waals surface area contributed by atoms with E-state index in [2.05, 4.69) is 32.8 Å². The second-order valence-corrected chi connectivity index (χ2v) is 6.77. The Morgan fingerprint density at radius 1 is 1.31 bits per heavy atom. The van der Waals surface area contributed by atoms with Crippen molar-refractivity contribution in [3.63, 3.8) is 0 Å². The van der Waals surface area contributed by atoms with Crippen LogP contribution in [0.1, 0.15) is 36.7 Å². The molecule has 1 atom stereocenters. The Morgan fingerprint density at radius 2 is 2.14 bits per heavy atom. The van der Waals surface area contributed by atoms with E-state index in [-0.39, 0.29) is 11.9 Å². The van der Waals surface area contributed by atoms with Gasteiger partial charge in [0.2, 0.25) is 0 Å². The number of aryl methyl sites for hydroxylation is 1. The van der Waals surface area contributed by atoms with Crippen molar-refractivity contribution in [3.8, 4) is 6.07 Å². The number of nitrogens with zero attached hydrogens (tertiary/aromatic N) is 7. The summed E-state index contributed by atoms with van der Waals surface area (Å²) in [5.41, 5.74) is 2.07. The SMILES string of the molecule is C=C(CCCn1ncc2cc(C#N)ccc21)C(=O)N1N=CCC1c1ncccn1. The van der Waals surface area contributed by atoms with Gasteiger partial charge in [0.05, 0.1) is 23.3 Å². The maximum absolute atomic E-state index is 12.8. The molecule has 3 aromatic rings. The summed E-state index contributed by atoms with van der Waals surface area (Å²) >= 11 is 0. The molecule has 0 fully saturated rings. The van der Waals surface area contributed by atoms with Gasteiger partial charge >= 0.3 is 0 Å². The molecular weight excluding hydrogens is 366 g/mol. The molecule has 29 heavy (non-hydrogen) atoms. The molecule has 4 rings (SSSR count). The maximum Gasteiger partial charge on any atom is 0.269 e. The zero-order valence-electron chi connectivity index (χ0n) is 15.8. The summed E-state index contributed by atoms with van der Waals surface area (Å²) in [6.45, 7) is 4.61. The number of hydrazone groups is 1. The molecule has 2 aromatic heterocycles. The van der Waals surface area contributed by atoms with Crippen LogP contribution in [0.2, 0.25) is 0 Å². The Bertz CT molecular complexity index is 1130. The van der Waals surface area contributed by atoms with Crippen molar-refractivity contribution in [1.29, 1.82) is 5.26 Å². The van der Waals surface area contributed by atoms with Crippen LogP contribution >= 0.6 is 0 Å². The Morgan fingerprint density at radius 3 is 2.93 bits per heavy atom. The number of hydrogen-bond donors (Lipinski definition) is 0. The zero-order chi connectivity index (χ0) is 20.2. The van der Waals surface area contributed by atoms with Crippen LogP contribution in [-0.4, -0.2) is 36.9 Å². The summed E-state index contributed by atoms with van der Waals surface area (Å²) in [6.07, 6.45) is 8.61. The van der Waals surface area contributed by atoms with Gasteiger partial charge in [-0.15, -0.1) is 0 Å². The van der Waals surface area contributed by atoms with Crippen molar-refractivity contribution in [3.05, 3.63) is 66.4 Å². The molecule has 0 bridgehead atoms. The van der Waals surface area contributed by atoms with E-state index < -0.39 is 0 Å². The molecule has 8 nitrogen and oxygen atoms in total. The van der Waals surface area contributed by atoms with Crippen molar-refractivity contribution >= 4 is 23.0 Å². The molecule has 144 valence electrons. The number of aromatic nitrogens is 4. The number of fused-ring (bicyclic) bond motifs is 1. The van der Waals surface area contributed by atoms with E-state index in [9.17, 15) is 4.79 Å². The maximum atomic E-state index is 12.8. The lowest BCUT2D eigenvalue weighted by Crippen LogP contribution is -2.29. The molecule has 3 heterocycles. The third-order valence-corrected chi connectivity index (χ3v) is 4.84. The van der Waals surface area contributed by atoms with Crippen LogP contribution in [0.5, 0.6) is 0 Å². The summed E-state index contributed by atoms with van der Waals surface area (Å²) in [5, 5.41) is 19.9. The van der Waals surface area contributed by atoms with Crippen LogP contribution in [-0.2, 0) is 11.3 Å². The Hall–Kier alpha value is -3.86. The molecule has 1 aromatic carbocycles. The molecule has 0 radical (unpaired) electrons. The lowest BCUT2D eigenvalue weighted by atomic mass is 10.1. The molecule has 8 heteroatoms. The van der Waals surface area contributed by atoms with E-state index in [4.69, 9.17) is 5.26 Å². The molecule has 1 aliphatic heterocycles. The third kappa shape index (κ3) is 3.75. The topological polar surface area (TPSA) is 100 Å². The number of amides is 1. The van der Waals surface area contributed by atoms with Crippen LogP contribution < -0.4 is 0 Å². The predicted octanol–water partition coefficient (Wildman–Crippen LogP) is 2.99. The number of nitriles is 1. The van der Waals surface area contributed by atoms with Crippen LogP contribution in [0.15, 0.2) is 60.1 Å². The number of rotatable bonds is 6. The molecule has 0 saturated carbocycles. The first kappa shape index (κ1) is 18.5. The largest absolute Gasteiger partial charge is 0.269 e. The monoisotopic (exact) mass is 385 g/mol. The van der Waals surface area contributed by atoms with Crippen LogP contribution in [0.25, 0.3) is 10.9 Å². The highest BCUT2D eigenvalue weighted by molar-refractivity contribution is 5.94. The molecule has 1 unspecified atom stereocenters. The van der Waals surface area contributed by atoms with Crippen molar-refractivity contribution in [1.82, 2.24) is 24.8 Å². The lowest BCUT2D eigenvalue weighted by Gasteiger charge is -2.21. The van der Waals surface area contributed by atoms with Gasteiger partial charge in [-0.1, -0.05) is 6.58 Å². The fourth-order valence-electron chi connectivity index (χ4n) is 3.35. The third-order valence-electron chi connectivity index (χ3n) is 4.84. The summed E-state index contributed by atoms with van der Waals surface area (Å²) in [7, 11) is 0. The zero-order valence-corrected chi connectivity index (χ0v) is 15.8. The van der Waals surface area contributed by atoms with Crippen molar-refractivity contribution in [2.45, 2.75) is 31.8 Å². The minimum absolute atomic E-state index is 0.208. The molecular formula is C21H19N7O.